The summed E-state index contributed by atoms with van der Waals surface area (Å²) in [5.41, 5.74) is 11.9. The zero-order valence-corrected chi connectivity index (χ0v) is 29.6. The van der Waals surface area contributed by atoms with Gasteiger partial charge in [-0.15, -0.1) is 0 Å². The predicted molar refractivity (Wildman–Crippen MR) is 228 cm³/mol. The van der Waals surface area contributed by atoms with Gasteiger partial charge in [-0.25, -0.2) is 9.98 Å². The molecule has 1 unspecified atom stereocenters. The quantitative estimate of drug-likeness (QED) is 0.199. The van der Waals surface area contributed by atoms with Crippen LogP contribution in [0.25, 0.3) is 87.6 Å². The number of hydrogen-bond acceptors (Lipinski definition) is 4. The van der Waals surface area contributed by atoms with E-state index in [0.29, 0.717) is 5.84 Å². The summed E-state index contributed by atoms with van der Waals surface area (Å²) in [6.07, 6.45) is -0.370. The summed E-state index contributed by atoms with van der Waals surface area (Å²) < 4.78 is 6.84. The first kappa shape index (κ1) is 30.2. The standard InChI is InChI=1S/C51H31N3O/c1-2-10-30(11-3-1)34-21-22-36-28-38(25-23-35(36)26-34)50-52-49(37-24-20-31-12-4-5-13-33(31)27-37)53-51(54-50)43-29-42-39-17-8-14-32-15-9-18-41(45(32)39)47(42)48-46(43)40-16-6-7-19-44(40)55-48/h1-29,49H,(H,52,53,54). The van der Waals surface area contributed by atoms with E-state index in [1.54, 1.807) is 0 Å². The van der Waals surface area contributed by atoms with Crippen LogP contribution >= 0.6 is 0 Å². The Morgan fingerprint density at radius 3 is 2.02 bits per heavy atom. The Hall–Kier alpha value is -7.30. The smallest absolute Gasteiger partial charge is 0.159 e. The van der Waals surface area contributed by atoms with Crippen molar-refractivity contribution in [3.63, 3.8) is 0 Å². The lowest BCUT2D eigenvalue weighted by atomic mass is 9.95. The Bertz CT molecular complexity index is 3290. The summed E-state index contributed by atoms with van der Waals surface area (Å²) in [7, 11) is 0. The van der Waals surface area contributed by atoms with Gasteiger partial charge in [0, 0.05) is 27.5 Å². The maximum absolute atomic E-state index is 6.84. The van der Waals surface area contributed by atoms with Gasteiger partial charge in [0.15, 0.2) is 5.84 Å². The number of amidine groups is 2. The van der Waals surface area contributed by atoms with Gasteiger partial charge in [0.2, 0.25) is 0 Å². The van der Waals surface area contributed by atoms with Gasteiger partial charge in [0.25, 0.3) is 0 Å². The van der Waals surface area contributed by atoms with Crippen LogP contribution in [-0.2, 0) is 0 Å². The molecule has 0 spiro atoms. The zero-order chi connectivity index (χ0) is 36.0. The molecule has 0 radical (unpaired) electrons. The van der Waals surface area contributed by atoms with Crippen molar-refractivity contribution in [1.29, 1.82) is 0 Å². The van der Waals surface area contributed by atoms with Crippen molar-refractivity contribution in [2.24, 2.45) is 9.98 Å². The number of fused-ring (bicyclic) bond motifs is 9. The average Bonchev–Trinajstić information content (AvgIpc) is 3.80. The van der Waals surface area contributed by atoms with E-state index in [-0.39, 0.29) is 6.17 Å². The summed E-state index contributed by atoms with van der Waals surface area (Å²) in [6.45, 7) is 0. The van der Waals surface area contributed by atoms with Crippen molar-refractivity contribution in [1.82, 2.24) is 5.32 Å². The van der Waals surface area contributed by atoms with Gasteiger partial charge < -0.3 is 9.73 Å². The molecule has 4 heteroatoms. The minimum atomic E-state index is -0.370. The van der Waals surface area contributed by atoms with Crippen LogP contribution in [0.4, 0.5) is 0 Å². The summed E-state index contributed by atoms with van der Waals surface area (Å²) in [5.74, 6) is 1.46. The first-order valence-electron chi connectivity index (χ1n) is 18.8. The van der Waals surface area contributed by atoms with E-state index >= 15 is 0 Å². The third kappa shape index (κ3) is 4.65. The molecule has 9 aromatic carbocycles. The molecule has 1 aromatic heterocycles. The van der Waals surface area contributed by atoms with Crippen LogP contribution in [-0.4, -0.2) is 11.7 Å². The van der Waals surface area contributed by atoms with Crippen LogP contribution in [0, 0.1) is 0 Å². The molecule has 0 fully saturated rings. The summed E-state index contributed by atoms with van der Waals surface area (Å²) in [4.78, 5) is 10.7. The Labute approximate surface area is 316 Å². The molecule has 2 heterocycles. The molecule has 0 amide bonds. The van der Waals surface area contributed by atoms with Crippen molar-refractivity contribution in [3.8, 4) is 33.4 Å². The van der Waals surface area contributed by atoms with E-state index in [0.717, 1.165) is 61.0 Å². The van der Waals surface area contributed by atoms with Gasteiger partial charge in [0.1, 0.15) is 23.2 Å². The van der Waals surface area contributed by atoms with Crippen molar-refractivity contribution < 1.29 is 4.42 Å². The molecule has 1 N–H and O–H groups in total. The highest BCUT2D eigenvalue weighted by Gasteiger charge is 2.31. The third-order valence-electron chi connectivity index (χ3n) is 11.4. The Morgan fingerprint density at radius 1 is 0.455 bits per heavy atom. The van der Waals surface area contributed by atoms with Crippen LogP contribution in [0.15, 0.2) is 190 Å². The fourth-order valence-corrected chi connectivity index (χ4v) is 8.80. The number of hydrogen-bond donors (Lipinski definition) is 1. The number of aliphatic imine (C=N–C) groups is 2. The average molecular weight is 702 g/mol. The minimum absolute atomic E-state index is 0.370. The molecule has 2 aliphatic rings. The van der Waals surface area contributed by atoms with Crippen LogP contribution in [0.3, 0.4) is 0 Å². The van der Waals surface area contributed by atoms with Crippen molar-refractivity contribution in [2.45, 2.75) is 6.17 Å². The molecule has 0 saturated heterocycles. The van der Waals surface area contributed by atoms with Gasteiger partial charge in [-0.05, 0) is 96.0 Å². The molecule has 1 atom stereocenters. The summed E-state index contributed by atoms with van der Waals surface area (Å²) in [5, 5.41) is 13.1. The van der Waals surface area contributed by atoms with E-state index in [2.05, 4.69) is 175 Å². The van der Waals surface area contributed by atoms with E-state index in [9.17, 15) is 0 Å². The number of furan rings is 1. The fourth-order valence-electron chi connectivity index (χ4n) is 8.80. The monoisotopic (exact) mass is 701 g/mol. The Kier molecular flexibility index (Phi) is 6.37. The minimum Gasteiger partial charge on any atom is -0.455 e. The maximum Gasteiger partial charge on any atom is 0.159 e. The molecule has 12 rings (SSSR count). The first-order valence-corrected chi connectivity index (χ1v) is 18.8. The van der Waals surface area contributed by atoms with Crippen LogP contribution < -0.4 is 5.32 Å². The molecule has 256 valence electrons. The highest BCUT2D eigenvalue weighted by molar-refractivity contribution is 6.29. The lowest BCUT2D eigenvalue weighted by molar-refractivity contribution is 0.669. The number of para-hydroxylation sites is 1. The molecular formula is C51H31N3O. The highest BCUT2D eigenvalue weighted by Crippen LogP contribution is 2.52. The number of benzene rings is 9. The lowest BCUT2D eigenvalue weighted by Crippen LogP contribution is -2.33. The maximum atomic E-state index is 6.84. The Morgan fingerprint density at radius 2 is 1.15 bits per heavy atom. The number of nitrogens with zero attached hydrogens (tertiary/aromatic N) is 2. The largest absolute Gasteiger partial charge is 0.455 e. The van der Waals surface area contributed by atoms with E-state index in [1.807, 2.05) is 6.07 Å². The number of nitrogens with one attached hydrogen (secondary N) is 1. The topological polar surface area (TPSA) is 49.9 Å². The first-order chi connectivity index (χ1) is 27.2. The molecule has 10 aromatic rings. The predicted octanol–water partition coefficient (Wildman–Crippen LogP) is 12.9. The SMILES string of the molecule is c1ccc(-c2ccc3cc(C4=NC(c5ccc6ccccc6c5)NC(c5cc6c(c7oc8ccccc8c57)-c5cccc7cccc-6c57)=N4)ccc3c2)cc1. The van der Waals surface area contributed by atoms with E-state index in [1.165, 1.54) is 49.2 Å². The molecule has 1 aliphatic heterocycles. The van der Waals surface area contributed by atoms with Gasteiger partial charge in [0.05, 0.1) is 0 Å². The molecule has 4 nitrogen and oxygen atoms in total. The fraction of sp³-hybridized carbons (Fsp3) is 0.0196. The Balaban J connectivity index is 1.08. The second kappa shape index (κ2) is 11.6. The van der Waals surface area contributed by atoms with Gasteiger partial charge in [-0.2, -0.15) is 0 Å². The molecule has 0 bridgehead atoms. The van der Waals surface area contributed by atoms with Crippen molar-refractivity contribution >= 4 is 65.9 Å². The third-order valence-corrected chi connectivity index (χ3v) is 11.4. The van der Waals surface area contributed by atoms with Gasteiger partial charge >= 0.3 is 0 Å². The van der Waals surface area contributed by atoms with Crippen LogP contribution in [0.2, 0.25) is 0 Å². The van der Waals surface area contributed by atoms with E-state index in [4.69, 9.17) is 14.4 Å². The molecule has 1 aliphatic carbocycles. The second-order valence-electron chi connectivity index (χ2n) is 14.6. The summed E-state index contributed by atoms with van der Waals surface area (Å²) in [6, 6.07) is 62.7. The second-order valence-corrected chi connectivity index (χ2v) is 14.6. The zero-order valence-electron chi connectivity index (χ0n) is 29.6. The molecule has 0 saturated carbocycles. The van der Waals surface area contributed by atoms with Crippen LogP contribution in [0.1, 0.15) is 22.9 Å². The van der Waals surface area contributed by atoms with E-state index < -0.39 is 0 Å². The number of rotatable bonds is 4. The van der Waals surface area contributed by atoms with Gasteiger partial charge in [-0.1, -0.05) is 146 Å². The lowest BCUT2D eigenvalue weighted by Gasteiger charge is -2.25. The summed E-state index contributed by atoms with van der Waals surface area (Å²) >= 11 is 0. The van der Waals surface area contributed by atoms with Crippen molar-refractivity contribution in [2.75, 3.05) is 0 Å². The molecular weight excluding hydrogens is 671 g/mol. The normalized spacial score (nSPS) is 14.7. The highest BCUT2D eigenvalue weighted by atomic mass is 16.3. The molecule has 55 heavy (non-hydrogen) atoms. The van der Waals surface area contributed by atoms with Crippen LogP contribution in [0.5, 0.6) is 0 Å². The van der Waals surface area contributed by atoms with Crippen molar-refractivity contribution in [3.05, 3.63) is 193 Å². The van der Waals surface area contributed by atoms with Gasteiger partial charge in [-0.3, -0.25) is 0 Å².